The second kappa shape index (κ2) is 8.75. The third-order valence-electron chi connectivity index (χ3n) is 2.99. The molecule has 6 heteroatoms. The number of thiocarbonyl (C=S) groups is 1. The van der Waals surface area contributed by atoms with E-state index in [2.05, 4.69) is 15.8 Å². The average Bonchev–Trinajstić information content (AvgIpc) is 2.56. The predicted octanol–water partition coefficient (Wildman–Crippen LogP) is 2.79. The Morgan fingerprint density at radius 2 is 1.96 bits per heavy atom. The molecule has 0 saturated heterocycles. The van der Waals surface area contributed by atoms with Crippen molar-refractivity contribution in [1.82, 2.24) is 10.7 Å². The summed E-state index contributed by atoms with van der Waals surface area (Å²) in [5, 5.41) is 17.1. The van der Waals surface area contributed by atoms with E-state index < -0.39 is 0 Å². The first-order valence-corrected chi connectivity index (χ1v) is 7.66. The number of nitrogens with one attached hydrogen (secondary N) is 2. The van der Waals surface area contributed by atoms with E-state index in [0.717, 1.165) is 11.3 Å². The summed E-state index contributed by atoms with van der Waals surface area (Å²) in [6.07, 6.45) is 1.51. The highest BCUT2D eigenvalue weighted by Gasteiger charge is 1.98. The summed E-state index contributed by atoms with van der Waals surface area (Å²) >= 11 is 5.15. The predicted molar refractivity (Wildman–Crippen MR) is 95.9 cm³/mol. The van der Waals surface area contributed by atoms with Gasteiger partial charge in [-0.25, -0.2) is 0 Å². The van der Waals surface area contributed by atoms with E-state index in [-0.39, 0.29) is 5.75 Å². The Morgan fingerprint density at radius 1 is 1.22 bits per heavy atom. The maximum atomic E-state index is 9.61. The van der Waals surface area contributed by atoms with E-state index in [0.29, 0.717) is 23.8 Å². The molecule has 0 aliphatic heterocycles. The van der Waals surface area contributed by atoms with E-state index in [1.165, 1.54) is 6.21 Å². The van der Waals surface area contributed by atoms with Crippen LogP contribution in [0.3, 0.4) is 0 Å². The van der Waals surface area contributed by atoms with Crippen LogP contribution >= 0.6 is 12.2 Å². The maximum absolute atomic E-state index is 9.61. The van der Waals surface area contributed by atoms with Gasteiger partial charge in [0.1, 0.15) is 11.5 Å². The number of phenols is 1. The van der Waals surface area contributed by atoms with Crippen molar-refractivity contribution in [3.05, 3.63) is 59.7 Å². The number of hydrogen-bond donors (Lipinski definition) is 3. The Morgan fingerprint density at radius 3 is 2.65 bits per heavy atom. The lowest BCUT2D eigenvalue weighted by atomic mass is 10.2. The van der Waals surface area contributed by atoms with Crippen LogP contribution in [0.1, 0.15) is 18.1 Å². The van der Waals surface area contributed by atoms with Gasteiger partial charge in [-0.2, -0.15) is 5.10 Å². The molecule has 5 nitrogen and oxygen atoms in total. The van der Waals surface area contributed by atoms with E-state index in [4.69, 9.17) is 17.0 Å². The van der Waals surface area contributed by atoms with Gasteiger partial charge in [-0.15, -0.1) is 0 Å². The second-order valence-corrected chi connectivity index (χ2v) is 5.10. The standard InChI is InChI=1S/C17H19N3O2S/c1-2-22-15-9-7-13(8-10-15)11-18-17(23)20-19-12-14-5-3-4-6-16(14)21/h3-10,12,21H,2,11H2,1H3,(H2,18,20,23). The first kappa shape index (κ1) is 16.8. The summed E-state index contributed by atoms with van der Waals surface area (Å²) in [7, 11) is 0. The molecule has 0 aromatic heterocycles. The van der Waals surface area contributed by atoms with Gasteiger partial charge in [-0.3, -0.25) is 5.43 Å². The largest absolute Gasteiger partial charge is 0.507 e. The Kier molecular flexibility index (Phi) is 6.38. The molecule has 0 unspecified atom stereocenters. The van der Waals surface area contributed by atoms with Crippen molar-refractivity contribution in [2.75, 3.05) is 6.61 Å². The number of phenolic OH excluding ortho intramolecular Hbond substituents is 1. The first-order valence-electron chi connectivity index (χ1n) is 7.25. The normalized spacial score (nSPS) is 10.5. The fraction of sp³-hybridized carbons (Fsp3) is 0.176. The molecule has 0 amide bonds. The molecule has 0 fully saturated rings. The van der Waals surface area contributed by atoms with Crippen LogP contribution in [0, 0.1) is 0 Å². The van der Waals surface area contributed by atoms with Gasteiger partial charge in [0.05, 0.1) is 12.8 Å². The van der Waals surface area contributed by atoms with E-state index in [1.807, 2.05) is 37.3 Å². The van der Waals surface area contributed by atoms with Gasteiger partial charge in [0, 0.05) is 12.1 Å². The Bertz CT molecular complexity index is 672. The molecule has 0 atom stereocenters. The fourth-order valence-electron chi connectivity index (χ4n) is 1.85. The van der Waals surface area contributed by atoms with Gasteiger partial charge in [0.2, 0.25) is 0 Å². The highest BCUT2D eigenvalue weighted by atomic mass is 32.1. The average molecular weight is 329 g/mol. The van der Waals surface area contributed by atoms with Gasteiger partial charge >= 0.3 is 0 Å². The smallest absolute Gasteiger partial charge is 0.187 e. The van der Waals surface area contributed by atoms with Crippen LogP contribution in [0.15, 0.2) is 53.6 Å². The molecule has 0 saturated carbocycles. The minimum atomic E-state index is 0.173. The zero-order valence-corrected chi connectivity index (χ0v) is 13.6. The van der Waals surface area contributed by atoms with Gasteiger partial charge in [-0.1, -0.05) is 24.3 Å². The molecule has 2 aromatic rings. The molecule has 3 N–H and O–H groups in total. The second-order valence-electron chi connectivity index (χ2n) is 4.69. The Labute approximate surface area is 141 Å². The van der Waals surface area contributed by atoms with Crippen LogP contribution in [0.2, 0.25) is 0 Å². The lowest BCUT2D eigenvalue weighted by Gasteiger charge is -2.08. The van der Waals surface area contributed by atoms with Gasteiger partial charge in [-0.05, 0) is 49.0 Å². The van der Waals surface area contributed by atoms with E-state index in [9.17, 15) is 5.11 Å². The third-order valence-corrected chi connectivity index (χ3v) is 3.23. The molecule has 0 radical (unpaired) electrons. The number of nitrogens with zero attached hydrogens (tertiary/aromatic N) is 1. The van der Waals surface area contributed by atoms with Crippen molar-refractivity contribution in [1.29, 1.82) is 0 Å². The molecular weight excluding hydrogens is 310 g/mol. The van der Waals surface area contributed by atoms with Crippen molar-refractivity contribution >= 4 is 23.5 Å². The molecule has 0 aliphatic carbocycles. The molecule has 0 aliphatic rings. The summed E-state index contributed by atoms with van der Waals surface area (Å²) in [6, 6.07) is 14.7. The van der Waals surface area contributed by atoms with Crippen molar-refractivity contribution < 1.29 is 9.84 Å². The molecular formula is C17H19N3O2S. The summed E-state index contributed by atoms with van der Waals surface area (Å²) in [6.45, 7) is 3.19. The monoisotopic (exact) mass is 329 g/mol. The molecule has 0 heterocycles. The van der Waals surface area contributed by atoms with Crippen molar-refractivity contribution in [2.45, 2.75) is 13.5 Å². The van der Waals surface area contributed by atoms with Crippen LogP contribution < -0.4 is 15.5 Å². The minimum Gasteiger partial charge on any atom is -0.507 e. The number of rotatable bonds is 6. The van der Waals surface area contributed by atoms with Crippen LogP contribution in [-0.4, -0.2) is 23.0 Å². The summed E-state index contributed by atoms with van der Waals surface area (Å²) < 4.78 is 5.39. The molecule has 2 rings (SSSR count). The lowest BCUT2D eigenvalue weighted by Crippen LogP contribution is -2.31. The summed E-state index contributed by atoms with van der Waals surface area (Å²) in [5.74, 6) is 1.02. The van der Waals surface area contributed by atoms with E-state index in [1.54, 1.807) is 18.2 Å². The topological polar surface area (TPSA) is 65.9 Å². The van der Waals surface area contributed by atoms with Gasteiger partial charge in [0.25, 0.3) is 0 Å². The summed E-state index contributed by atoms with van der Waals surface area (Å²) in [5.41, 5.74) is 4.42. The first-order chi connectivity index (χ1) is 11.2. The Hall–Kier alpha value is -2.60. The summed E-state index contributed by atoms with van der Waals surface area (Å²) in [4.78, 5) is 0. The third kappa shape index (κ3) is 5.60. The molecule has 2 aromatic carbocycles. The van der Waals surface area contributed by atoms with Gasteiger partial charge in [0.15, 0.2) is 5.11 Å². The minimum absolute atomic E-state index is 0.173. The number of para-hydroxylation sites is 1. The van der Waals surface area contributed by atoms with Crippen LogP contribution in [0.5, 0.6) is 11.5 Å². The van der Waals surface area contributed by atoms with Crippen LogP contribution in [0.4, 0.5) is 0 Å². The number of hydrazone groups is 1. The number of aromatic hydroxyl groups is 1. The molecule has 0 bridgehead atoms. The highest BCUT2D eigenvalue weighted by molar-refractivity contribution is 7.80. The highest BCUT2D eigenvalue weighted by Crippen LogP contribution is 2.13. The molecule has 23 heavy (non-hydrogen) atoms. The number of benzene rings is 2. The number of ether oxygens (including phenoxy) is 1. The zero-order valence-electron chi connectivity index (χ0n) is 12.8. The van der Waals surface area contributed by atoms with Crippen molar-refractivity contribution in [3.8, 4) is 11.5 Å². The fourth-order valence-corrected chi connectivity index (χ4v) is 1.97. The Balaban J connectivity index is 1.78. The quantitative estimate of drug-likeness (QED) is 0.432. The SMILES string of the molecule is CCOc1ccc(CNC(=S)NN=Cc2ccccc2O)cc1. The number of hydrogen-bond acceptors (Lipinski definition) is 4. The van der Waals surface area contributed by atoms with Gasteiger partial charge < -0.3 is 15.2 Å². The van der Waals surface area contributed by atoms with E-state index >= 15 is 0 Å². The zero-order chi connectivity index (χ0) is 16.5. The molecule has 0 spiro atoms. The maximum Gasteiger partial charge on any atom is 0.187 e. The van der Waals surface area contributed by atoms with Crippen LogP contribution in [0.25, 0.3) is 0 Å². The molecule has 120 valence electrons. The van der Waals surface area contributed by atoms with Crippen LogP contribution in [-0.2, 0) is 6.54 Å². The van der Waals surface area contributed by atoms with Crippen molar-refractivity contribution in [3.63, 3.8) is 0 Å². The van der Waals surface area contributed by atoms with Crippen molar-refractivity contribution in [2.24, 2.45) is 5.10 Å². The lowest BCUT2D eigenvalue weighted by molar-refractivity contribution is 0.340.